The molecule has 0 N–H and O–H groups in total. The van der Waals surface area contributed by atoms with Gasteiger partial charge in [-0.1, -0.05) is 15.9 Å². The summed E-state index contributed by atoms with van der Waals surface area (Å²) in [7, 11) is 1.12. The number of rotatable bonds is 4. The Morgan fingerprint density at radius 2 is 2.17 bits per heavy atom. The molecule has 1 heterocycles. The lowest BCUT2D eigenvalue weighted by Gasteiger charge is -2.12. The lowest BCUT2D eigenvalue weighted by atomic mass is 10.2. The van der Waals surface area contributed by atoms with Crippen LogP contribution in [0.1, 0.15) is 5.56 Å². The summed E-state index contributed by atoms with van der Waals surface area (Å²) in [6.45, 7) is 0. The molecule has 0 amide bonds. The van der Waals surface area contributed by atoms with E-state index in [-0.39, 0.29) is 16.8 Å². The normalized spacial score (nSPS) is 11.2. The van der Waals surface area contributed by atoms with E-state index in [1.54, 1.807) is 0 Å². The summed E-state index contributed by atoms with van der Waals surface area (Å²) in [4.78, 5) is 13.2. The molecule has 6 nitrogen and oxygen atoms in total. The van der Waals surface area contributed by atoms with Crippen molar-refractivity contribution < 1.29 is 27.6 Å². The van der Waals surface area contributed by atoms with E-state index in [0.717, 1.165) is 13.2 Å². The first-order chi connectivity index (χ1) is 8.28. The summed E-state index contributed by atoms with van der Waals surface area (Å²) in [5.41, 5.74) is -0.321. The van der Waals surface area contributed by atoms with Gasteiger partial charge in [0, 0.05) is 10.3 Å². The lowest BCUT2D eigenvalue weighted by Crippen LogP contribution is -2.18. The molecule has 0 aliphatic heterocycles. The molecule has 100 valence electrons. The second kappa shape index (κ2) is 5.38. The molecule has 0 aliphatic carbocycles. The van der Waals surface area contributed by atoms with Gasteiger partial charge in [-0.15, -0.1) is 13.2 Å². The van der Waals surface area contributed by atoms with E-state index in [0.29, 0.717) is 0 Å². The Morgan fingerprint density at radius 1 is 1.56 bits per heavy atom. The van der Waals surface area contributed by atoms with Crippen LogP contribution in [-0.4, -0.2) is 23.4 Å². The molecule has 0 aromatic carbocycles. The maximum Gasteiger partial charge on any atom is 0.573 e. The average Bonchev–Trinajstić information content (AvgIpc) is 2.25. The van der Waals surface area contributed by atoms with E-state index in [1.807, 2.05) is 0 Å². The third kappa shape index (κ3) is 3.45. The van der Waals surface area contributed by atoms with Crippen molar-refractivity contribution in [2.75, 3.05) is 7.11 Å². The highest BCUT2D eigenvalue weighted by Crippen LogP contribution is 2.35. The first-order valence-corrected chi connectivity index (χ1v) is 5.44. The van der Waals surface area contributed by atoms with Gasteiger partial charge >= 0.3 is 18.1 Å². The fraction of sp³-hybridized carbons (Fsp3) is 0.375. The molecule has 1 aromatic rings. The van der Waals surface area contributed by atoms with E-state index in [2.05, 4.69) is 30.4 Å². The molecule has 0 fully saturated rings. The molecule has 10 heteroatoms. The van der Waals surface area contributed by atoms with Gasteiger partial charge in [0.15, 0.2) is 0 Å². The van der Waals surface area contributed by atoms with Crippen molar-refractivity contribution in [2.24, 2.45) is 0 Å². The SMILES string of the molecule is COc1cc(OC(F)(F)F)c(CBr)c([N+](=O)[O-])n1. The standard InChI is InChI=1S/C8H6BrF3N2O4/c1-17-6-2-5(18-8(10,11)12)4(3-9)7(13-6)14(15)16/h2H,3H2,1H3. The van der Waals surface area contributed by atoms with Crippen LogP contribution in [-0.2, 0) is 5.33 Å². The Labute approximate surface area is 107 Å². The minimum atomic E-state index is -4.96. The molecule has 18 heavy (non-hydrogen) atoms. The van der Waals surface area contributed by atoms with Gasteiger partial charge in [-0.3, -0.25) is 0 Å². The first-order valence-electron chi connectivity index (χ1n) is 4.32. The maximum absolute atomic E-state index is 12.2. The Hall–Kier alpha value is -1.58. The van der Waals surface area contributed by atoms with Gasteiger partial charge in [-0.25, -0.2) is 0 Å². The first kappa shape index (κ1) is 14.5. The van der Waals surface area contributed by atoms with Crippen molar-refractivity contribution in [1.82, 2.24) is 4.98 Å². The summed E-state index contributed by atoms with van der Waals surface area (Å²) < 4.78 is 44.8. The second-order valence-corrected chi connectivity index (χ2v) is 3.46. The van der Waals surface area contributed by atoms with Crippen LogP contribution < -0.4 is 9.47 Å². The van der Waals surface area contributed by atoms with Crippen molar-refractivity contribution in [1.29, 1.82) is 0 Å². The van der Waals surface area contributed by atoms with Gasteiger partial charge in [0.1, 0.15) is 11.3 Å². The molecule has 0 aliphatic rings. The monoisotopic (exact) mass is 330 g/mol. The number of halogens is 4. The minimum Gasteiger partial charge on any atom is -0.463 e. The van der Waals surface area contributed by atoms with Gasteiger partial charge in [0.25, 0.3) is 0 Å². The van der Waals surface area contributed by atoms with E-state index in [9.17, 15) is 23.3 Å². The molecule has 0 bridgehead atoms. The number of ether oxygens (including phenoxy) is 2. The van der Waals surface area contributed by atoms with Gasteiger partial charge in [-0.2, -0.15) is 0 Å². The third-order valence-electron chi connectivity index (χ3n) is 1.78. The predicted octanol–water partition coefficient (Wildman–Crippen LogP) is 2.79. The molecule has 0 saturated heterocycles. The molecule has 0 radical (unpaired) electrons. The molecular weight excluding hydrogens is 325 g/mol. The number of nitrogens with zero attached hydrogens (tertiary/aromatic N) is 2. The summed E-state index contributed by atoms with van der Waals surface area (Å²) in [6.07, 6.45) is -4.96. The maximum atomic E-state index is 12.2. The Balaban J connectivity index is 3.37. The van der Waals surface area contributed by atoms with Gasteiger partial charge < -0.3 is 19.6 Å². The molecular formula is C8H6BrF3N2O4. The van der Waals surface area contributed by atoms with Gasteiger partial charge in [-0.05, 0) is 4.92 Å². The Kier molecular flexibility index (Phi) is 4.33. The van der Waals surface area contributed by atoms with Crippen molar-refractivity contribution in [2.45, 2.75) is 11.7 Å². The van der Waals surface area contributed by atoms with Crippen molar-refractivity contribution in [3.8, 4) is 11.6 Å². The quantitative estimate of drug-likeness (QED) is 0.482. The number of hydrogen-bond acceptors (Lipinski definition) is 5. The smallest absolute Gasteiger partial charge is 0.463 e. The van der Waals surface area contributed by atoms with Crippen LogP contribution in [0.5, 0.6) is 11.6 Å². The van der Waals surface area contributed by atoms with Crippen molar-refractivity contribution in [3.63, 3.8) is 0 Å². The summed E-state index contributed by atoms with van der Waals surface area (Å²) in [5, 5.41) is 10.5. The van der Waals surface area contributed by atoms with Crippen LogP contribution in [0.2, 0.25) is 0 Å². The average molecular weight is 331 g/mol. The van der Waals surface area contributed by atoms with E-state index in [4.69, 9.17) is 0 Å². The number of methoxy groups -OCH3 is 1. The topological polar surface area (TPSA) is 74.5 Å². The zero-order valence-corrected chi connectivity index (χ0v) is 10.4. The molecule has 0 spiro atoms. The van der Waals surface area contributed by atoms with Crippen LogP contribution in [0.15, 0.2) is 6.07 Å². The number of nitro groups is 1. The summed E-state index contributed by atoms with van der Waals surface area (Å²) in [5.74, 6) is -1.82. The van der Waals surface area contributed by atoms with Crippen LogP contribution in [0.25, 0.3) is 0 Å². The lowest BCUT2D eigenvalue weighted by molar-refractivity contribution is -0.390. The van der Waals surface area contributed by atoms with Crippen molar-refractivity contribution >= 4 is 21.7 Å². The zero-order chi connectivity index (χ0) is 13.9. The minimum absolute atomic E-state index is 0.217. The van der Waals surface area contributed by atoms with Crippen LogP contribution in [0.3, 0.4) is 0 Å². The molecule has 1 rings (SSSR count). The van der Waals surface area contributed by atoms with E-state index >= 15 is 0 Å². The molecule has 0 saturated carbocycles. The predicted molar refractivity (Wildman–Crippen MR) is 56.8 cm³/mol. The Morgan fingerprint density at radius 3 is 2.56 bits per heavy atom. The highest BCUT2D eigenvalue weighted by molar-refractivity contribution is 9.08. The van der Waals surface area contributed by atoms with Gasteiger partial charge in [0.05, 0.1) is 13.2 Å². The highest BCUT2D eigenvalue weighted by atomic mass is 79.9. The third-order valence-corrected chi connectivity index (χ3v) is 2.34. The Bertz CT molecular complexity index is 466. The number of alkyl halides is 4. The summed E-state index contributed by atoms with van der Waals surface area (Å²) in [6, 6.07) is 0.830. The zero-order valence-electron chi connectivity index (χ0n) is 8.82. The highest BCUT2D eigenvalue weighted by Gasteiger charge is 2.35. The molecule has 1 aromatic heterocycles. The molecule has 0 atom stereocenters. The second-order valence-electron chi connectivity index (χ2n) is 2.90. The van der Waals surface area contributed by atoms with Crippen molar-refractivity contribution in [3.05, 3.63) is 21.7 Å². The fourth-order valence-electron chi connectivity index (χ4n) is 1.11. The fourth-order valence-corrected chi connectivity index (χ4v) is 1.64. The van der Waals surface area contributed by atoms with Gasteiger partial charge in [0.2, 0.25) is 0 Å². The van der Waals surface area contributed by atoms with Crippen LogP contribution in [0, 0.1) is 10.1 Å². The van der Waals surface area contributed by atoms with E-state index in [1.165, 1.54) is 0 Å². The van der Waals surface area contributed by atoms with E-state index < -0.39 is 22.9 Å². The molecule has 0 unspecified atom stereocenters. The number of hydrogen-bond donors (Lipinski definition) is 0. The summed E-state index contributed by atoms with van der Waals surface area (Å²) >= 11 is 2.85. The largest absolute Gasteiger partial charge is 0.573 e. The number of pyridine rings is 1. The van der Waals surface area contributed by atoms with Crippen LogP contribution >= 0.6 is 15.9 Å². The number of aromatic nitrogens is 1. The van der Waals surface area contributed by atoms with Crippen LogP contribution in [0.4, 0.5) is 19.0 Å².